The summed E-state index contributed by atoms with van der Waals surface area (Å²) in [6, 6.07) is 5.29. The minimum absolute atomic E-state index is 0.120. The first-order valence-corrected chi connectivity index (χ1v) is 7.03. The van der Waals surface area contributed by atoms with E-state index in [1.165, 1.54) is 12.1 Å². The number of aliphatic carboxylic acids is 1. The van der Waals surface area contributed by atoms with Gasteiger partial charge in [-0.15, -0.1) is 0 Å². The van der Waals surface area contributed by atoms with Crippen molar-refractivity contribution >= 4 is 11.9 Å². The number of amides is 1. The monoisotopic (exact) mass is 294 g/mol. The number of aromatic hydroxyl groups is 1. The van der Waals surface area contributed by atoms with Gasteiger partial charge in [-0.25, -0.2) is 4.79 Å². The third kappa shape index (κ3) is 6.76. The van der Waals surface area contributed by atoms with Crippen molar-refractivity contribution in [3.05, 3.63) is 29.8 Å². The molecule has 6 nitrogen and oxygen atoms in total. The Bertz CT molecular complexity index is 459. The Morgan fingerprint density at radius 2 is 1.81 bits per heavy atom. The van der Waals surface area contributed by atoms with Gasteiger partial charge in [0, 0.05) is 12.8 Å². The Kier molecular flexibility index (Phi) is 7.25. The number of carbonyl (C=O) groups excluding carboxylic acids is 1. The van der Waals surface area contributed by atoms with Crippen LogP contribution in [0.3, 0.4) is 0 Å². The van der Waals surface area contributed by atoms with Crippen LogP contribution in [0.15, 0.2) is 24.3 Å². The van der Waals surface area contributed by atoms with Gasteiger partial charge in [0.05, 0.1) is 0 Å². The van der Waals surface area contributed by atoms with Crippen molar-refractivity contribution in [2.45, 2.75) is 38.1 Å². The predicted molar refractivity (Wildman–Crippen MR) is 78.9 cm³/mol. The number of nitrogens with two attached hydrogens (primary N) is 1. The molecule has 1 amide bonds. The lowest BCUT2D eigenvalue weighted by Gasteiger charge is -2.14. The molecule has 116 valence electrons. The number of phenols is 1. The largest absolute Gasteiger partial charge is 0.508 e. The van der Waals surface area contributed by atoms with Crippen molar-refractivity contribution < 1.29 is 19.8 Å². The standard InChI is InChI=1S/C15H22N2O4/c16-9-3-1-2-4-14(19)17-13(15(20)21)10-11-5-7-12(18)8-6-11/h5-8,13,18H,1-4,9-10,16H2,(H,17,19)(H,20,21)/t13-/m0/s1. The summed E-state index contributed by atoms with van der Waals surface area (Å²) < 4.78 is 0. The van der Waals surface area contributed by atoms with E-state index in [2.05, 4.69) is 5.32 Å². The number of carboxylic acids is 1. The fourth-order valence-corrected chi connectivity index (χ4v) is 1.94. The number of benzene rings is 1. The lowest BCUT2D eigenvalue weighted by molar-refractivity contribution is -0.141. The smallest absolute Gasteiger partial charge is 0.326 e. The number of rotatable bonds is 9. The Morgan fingerprint density at radius 1 is 1.14 bits per heavy atom. The highest BCUT2D eigenvalue weighted by molar-refractivity contribution is 5.83. The Labute approximate surface area is 124 Å². The first-order chi connectivity index (χ1) is 10.0. The first kappa shape index (κ1) is 17.0. The fourth-order valence-electron chi connectivity index (χ4n) is 1.94. The lowest BCUT2D eigenvalue weighted by atomic mass is 10.1. The highest BCUT2D eigenvalue weighted by Gasteiger charge is 2.20. The summed E-state index contributed by atoms with van der Waals surface area (Å²) in [4.78, 5) is 22.9. The molecule has 1 aromatic carbocycles. The predicted octanol–water partition coefficient (Wildman–Crippen LogP) is 1.02. The van der Waals surface area contributed by atoms with Crippen LogP contribution in [0.2, 0.25) is 0 Å². The average molecular weight is 294 g/mol. The van der Waals surface area contributed by atoms with Crippen LogP contribution in [-0.4, -0.2) is 34.7 Å². The number of hydrogen-bond acceptors (Lipinski definition) is 4. The van der Waals surface area contributed by atoms with E-state index in [0.29, 0.717) is 19.4 Å². The van der Waals surface area contributed by atoms with Crippen molar-refractivity contribution in [1.82, 2.24) is 5.32 Å². The van der Waals surface area contributed by atoms with Crippen molar-refractivity contribution in [2.24, 2.45) is 5.73 Å². The van der Waals surface area contributed by atoms with Gasteiger partial charge in [-0.3, -0.25) is 4.79 Å². The van der Waals surface area contributed by atoms with Gasteiger partial charge in [-0.05, 0) is 37.1 Å². The number of carboxylic acid groups (broad SMARTS) is 1. The molecule has 0 bridgehead atoms. The molecule has 0 aliphatic rings. The topological polar surface area (TPSA) is 113 Å². The molecule has 0 radical (unpaired) electrons. The van der Waals surface area contributed by atoms with Crippen LogP contribution in [0.4, 0.5) is 0 Å². The number of carbonyl (C=O) groups is 2. The maximum atomic E-state index is 11.7. The van der Waals surface area contributed by atoms with E-state index < -0.39 is 12.0 Å². The summed E-state index contributed by atoms with van der Waals surface area (Å²) >= 11 is 0. The van der Waals surface area contributed by atoms with E-state index in [1.54, 1.807) is 12.1 Å². The van der Waals surface area contributed by atoms with Crippen molar-refractivity contribution in [3.8, 4) is 5.75 Å². The van der Waals surface area contributed by atoms with Crippen LogP contribution < -0.4 is 11.1 Å². The van der Waals surface area contributed by atoms with Gasteiger partial charge in [0.1, 0.15) is 11.8 Å². The van der Waals surface area contributed by atoms with Gasteiger partial charge in [0.25, 0.3) is 0 Å². The number of hydrogen-bond donors (Lipinski definition) is 4. The summed E-state index contributed by atoms with van der Waals surface area (Å²) in [6.45, 7) is 0.597. The molecule has 0 spiro atoms. The second kappa shape index (κ2) is 8.97. The minimum Gasteiger partial charge on any atom is -0.508 e. The molecule has 0 saturated carbocycles. The van der Waals surface area contributed by atoms with E-state index in [1.807, 2.05) is 0 Å². The summed E-state index contributed by atoms with van der Waals surface area (Å²) in [5.74, 6) is -1.22. The van der Waals surface area contributed by atoms with Gasteiger partial charge in [0.2, 0.25) is 5.91 Å². The average Bonchev–Trinajstić information content (AvgIpc) is 2.45. The summed E-state index contributed by atoms with van der Waals surface area (Å²) in [5.41, 5.74) is 6.11. The molecule has 0 heterocycles. The van der Waals surface area contributed by atoms with E-state index in [4.69, 9.17) is 10.8 Å². The van der Waals surface area contributed by atoms with Crippen LogP contribution >= 0.6 is 0 Å². The molecule has 1 aromatic rings. The quantitative estimate of drug-likeness (QED) is 0.508. The number of phenolic OH excluding ortho intramolecular Hbond substituents is 1. The summed E-state index contributed by atoms with van der Waals surface area (Å²) in [5, 5.41) is 20.9. The molecular weight excluding hydrogens is 272 g/mol. The van der Waals surface area contributed by atoms with E-state index in [9.17, 15) is 14.7 Å². The summed E-state index contributed by atoms with van der Waals surface area (Å²) in [7, 11) is 0. The van der Waals surface area contributed by atoms with Crippen LogP contribution in [-0.2, 0) is 16.0 Å². The summed E-state index contributed by atoms with van der Waals surface area (Å²) in [6.07, 6.45) is 2.92. The van der Waals surface area contributed by atoms with Crippen LogP contribution in [0.5, 0.6) is 5.75 Å². The van der Waals surface area contributed by atoms with Crippen molar-refractivity contribution in [1.29, 1.82) is 0 Å². The molecule has 5 N–H and O–H groups in total. The molecule has 0 aliphatic heterocycles. The van der Waals surface area contributed by atoms with Crippen molar-refractivity contribution in [2.75, 3.05) is 6.54 Å². The Hall–Kier alpha value is -2.08. The Balaban J connectivity index is 2.48. The lowest BCUT2D eigenvalue weighted by Crippen LogP contribution is -2.42. The molecule has 0 unspecified atom stereocenters. The van der Waals surface area contributed by atoms with Gasteiger partial charge in [0.15, 0.2) is 0 Å². The third-order valence-electron chi connectivity index (χ3n) is 3.12. The minimum atomic E-state index is -1.07. The van der Waals surface area contributed by atoms with E-state index in [-0.39, 0.29) is 18.1 Å². The second-order valence-electron chi connectivity index (χ2n) is 4.93. The van der Waals surface area contributed by atoms with Crippen LogP contribution in [0.1, 0.15) is 31.2 Å². The molecule has 0 aliphatic carbocycles. The molecule has 0 aromatic heterocycles. The number of nitrogens with one attached hydrogen (secondary N) is 1. The highest BCUT2D eigenvalue weighted by atomic mass is 16.4. The normalized spacial score (nSPS) is 11.9. The maximum absolute atomic E-state index is 11.7. The van der Waals surface area contributed by atoms with Crippen molar-refractivity contribution in [3.63, 3.8) is 0 Å². The van der Waals surface area contributed by atoms with Crippen LogP contribution in [0, 0.1) is 0 Å². The zero-order valence-electron chi connectivity index (χ0n) is 11.9. The molecule has 1 atom stereocenters. The van der Waals surface area contributed by atoms with E-state index >= 15 is 0 Å². The molecule has 0 fully saturated rings. The third-order valence-corrected chi connectivity index (χ3v) is 3.12. The zero-order chi connectivity index (χ0) is 15.7. The highest BCUT2D eigenvalue weighted by Crippen LogP contribution is 2.11. The molecule has 0 saturated heterocycles. The maximum Gasteiger partial charge on any atom is 0.326 e. The Morgan fingerprint density at radius 3 is 2.38 bits per heavy atom. The molecular formula is C15H22N2O4. The van der Waals surface area contributed by atoms with Gasteiger partial charge in [-0.1, -0.05) is 18.6 Å². The van der Waals surface area contributed by atoms with Gasteiger partial charge in [-0.2, -0.15) is 0 Å². The fraction of sp³-hybridized carbons (Fsp3) is 0.467. The molecule has 21 heavy (non-hydrogen) atoms. The van der Waals surface area contributed by atoms with E-state index in [0.717, 1.165) is 18.4 Å². The zero-order valence-corrected chi connectivity index (χ0v) is 11.9. The SMILES string of the molecule is NCCCCCC(=O)N[C@@H](Cc1ccc(O)cc1)C(=O)O. The van der Waals surface area contributed by atoms with Gasteiger partial charge >= 0.3 is 5.97 Å². The number of unbranched alkanes of at least 4 members (excludes halogenated alkanes) is 2. The molecule has 6 heteroatoms. The molecule has 1 rings (SSSR count). The van der Waals surface area contributed by atoms with Crippen LogP contribution in [0.25, 0.3) is 0 Å². The van der Waals surface area contributed by atoms with Gasteiger partial charge < -0.3 is 21.3 Å². The second-order valence-corrected chi connectivity index (χ2v) is 4.93. The first-order valence-electron chi connectivity index (χ1n) is 7.03.